The maximum absolute atomic E-state index is 2.50. The lowest BCUT2D eigenvalue weighted by atomic mass is 9.81. The molecular formula is C58H45N. The lowest BCUT2D eigenvalue weighted by molar-refractivity contribution is 0.660. The summed E-state index contributed by atoms with van der Waals surface area (Å²) in [6.45, 7) is 9.49. The average Bonchev–Trinajstić information content (AvgIpc) is 3.65. The van der Waals surface area contributed by atoms with Crippen molar-refractivity contribution >= 4 is 27.8 Å². The molecule has 0 unspecified atom stereocenters. The number of para-hydroxylation sites is 2. The molecule has 0 heterocycles. The second-order valence-electron chi connectivity index (χ2n) is 17.3. The lowest BCUT2D eigenvalue weighted by Gasteiger charge is -2.31. The normalized spacial score (nSPS) is 14.0. The van der Waals surface area contributed by atoms with Crippen LogP contribution in [-0.2, 0) is 10.8 Å². The molecule has 0 bridgehead atoms. The number of hydrogen-bond donors (Lipinski definition) is 0. The predicted molar refractivity (Wildman–Crippen MR) is 250 cm³/mol. The van der Waals surface area contributed by atoms with Gasteiger partial charge in [-0.05, 0) is 120 Å². The first kappa shape index (κ1) is 35.2. The SMILES string of the molecule is CC1(C)c2ccccc2-c2ccc(-c3cccc(N(c4ccccc4-c4ccccc4)c4ccccc4-c4cccc5c4-c4cc6ccccc6cc4C5(C)C)c3)cc21. The highest BCUT2D eigenvalue weighted by molar-refractivity contribution is 6.02. The molecule has 0 radical (unpaired) electrons. The molecule has 0 amide bonds. The topological polar surface area (TPSA) is 3.24 Å². The molecule has 0 atom stereocenters. The predicted octanol–water partition coefficient (Wildman–Crippen LogP) is 15.9. The van der Waals surface area contributed by atoms with E-state index in [1.165, 1.54) is 88.7 Å². The standard InChI is InChI=1S/C58H45N/c1-57(2)50-28-13-10-25-45(50)46-33-32-42(37-52(46)57)39-22-16-23-43(34-39)59(54-30-14-11-24-44(54)38-18-6-5-7-19-38)55-31-15-12-26-47(55)48-27-17-29-51-56(48)49-35-40-20-8-9-21-41(40)36-53(49)58(51,3)4/h5-37H,1-4H3. The molecule has 282 valence electrons. The summed E-state index contributed by atoms with van der Waals surface area (Å²) in [5.41, 5.74) is 21.3. The van der Waals surface area contributed by atoms with Crippen molar-refractivity contribution in [1.29, 1.82) is 0 Å². The van der Waals surface area contributed by atoms with Crippen LogP contribution in [0.3, 0.4) is 0 Å². The van der Waals surface area contributed by atoms with E-state index in [0.29, 0.717) is 0 Å². The van der Waals surface area contributed by atoms with E-state index in [-0.39, 0.29) is 10.8 Å². The molecular weight excluding hydrogens is 711 g/mol. The van der Waals surface area contributed by atoms with E-state index in [9.17, 15) is 0 Å². The van der Waals surface area contributed by atoms with Crippen molar-refractivity contribution in [2.75, 3.05) is 4.90 Å². The van der Waals surface area contributed by atoms with Gasteiger partial charge >= 0.3 is 0 Å². The summed E-state index contributed by atoms with van der Waals surface area (Å²) < 4.78 is 0. The third-order valence-electron chi connectivity index (χ3n) is 13.3. The van der Waals surface area contributed by atoms with E-state index in [2.05, 4.69) is 233 Å². The first-order chi connectivity index (χ1) is 28.8. The minimum absolute atomic E-state index is 0.0748. The van der Waals surface area contributed by atoms with Gasteiger partial charge in [-0.2, -0.15) is 0 Å². The summed E-state index contributed by atoms with van der Waals surface area (Å²) in [4.78, 5) is 2.50. The van der Waals surface area contributed by atoms with Crippen molar-refractivity contribution in [3.05, 3.63) is 222 Å². The van der Waals surface area contributed by atoms with Gasteiger partial charge in [0, 0.05) is 27.6 Å². The Kier molecular flexibility index (Phi) is 7.94. The summed E-state index contributed by atoms with van der Waals surface area (Å²) in [6.07, 6.45) is 0. The minimum Gasteiger partial charge on any atom is -0.309 e. The first-order valence-electron chi connectivity index (χ1n) is 20.8. The van der Waals surface area contributed by atoms with E-state index in [0.717, 1.165) is 17.1 Å². The van der Waals surface area contributed by atoms with Crippen LogP contribution in [0.4, 0.5) is 17.1 Å². The number of fused-ring (bicyclic) bond motifs is 7. The van der Waals surface area contributed by atoms with Crippen molar-refractivity contribution in [2.45, 2.75) is 38.5 Å². The van der Waals surface area contributed by atoms with Crippen molar-refractivity contribution in [3.63, 3.8) is 0 Å². The zero-order valence-electron chi connectivity index (χ0n) is 34.0. The van der Waals surface area contributed by atoms with Crippen LogP contribution in [-0.4, -0.2) is 0 Å². The smallest absolute Gasteiger partial charge is 0.0540 e. The summed E-state index contributed by atoms with van der Waals surface area (Å²) in [5.74, 6) is 0. The molecule has 9 aromatic carbocycles. The number of hydrogen-bond acceptors (Lipinski definition) is 1. The third kappa shape index (κ3) is 5.45. The maximum Gasteiger partial charge on any atom is 0.0540 e. The molecule has 1 heteroatoms. The van der Waals surface area contributed by atoms with Crippen LogP contribution >= 0.6 is 0 Å². The largest absolute Gasteiger partial charge is 0.309 e. The van der Waals surface area contributed by atoms with Crippen LogP contribution in [0.25, 0.3) is 66.4 Å². The average molecular weight is 756 g/mol. The number of benzene rings is 9. The van der Waals surface area contributed by atoms with Gasteiger partial charge in [-0.1, -0.05) is 185 Å². The molecule has 2 aliphatic rings. The molecule has 59 heavy (non-hydrogen) atoms. The highest BCUT2D eigenvalue weighted by Gasteiger charge is 2.38. The third-order valence-corrected chi connectivity index (χ3v) is 13.3. The van der Waals surface area contributed by atoms with Crippen LogP contribution in [0.2, 0.25) is 0 Å². The highest BCUT2D eigenvalue weighted by Crippen LogP contribution is 2.55. The highest BCUT2D eigenvalue weighted by atomic mass is 15.1. The second-order valence-corrected chi connectivity index (χ2v) is 17.3. The van der Waals surface area contributed by atoms with Gasteiger partial charge in [-0.3, -0.25) is 0 Å². The molecule has 0 fully saturated rings. The maximum atomic E-state index is 2.50. The summed E-state index contributed by atoms with van der Waals surface area (Å²) in [6, 6.07) is 74.3. The minimum atomic E-state index is -0.140. The Morgan fingerprint density at radius 1 is 0.305 bits per heavy atom. The Bertz CT molecular complexity index is 3110. The number of rotatable bonds is 6. The molecule has 11 rings (SSSR count). The van der Waals surface area contributed by atoms with Gasteiger partial charge in [0.15, 0.2) is 0 Å². The fraction of sp³-hybridized carbons (Fsp3) is 0.103. The van der Waals surface area contributed by atoms with E-state index < -0.39 is 0 Å². The number of nitrogens with zero attached hydrogens (tertiary/aromatic N) is 1. The van der Waals surface area contributed by atoms with Gasteiger partial charge in [0.25, 0.3) is 0 Å². The fourth-order valence-corrected chi connectivity index (χ4v) is 10.2. The molecule has 0 aromatic heterocycles. The van der Waals surface area contributed by atoms with Gasteiger partial charge in [-0.15, -0.1) is 0 Å². The van der Waals surface area contributed by atoms with Crippen LogP contribution in [0.1, 0.15) is 49.9 Å². The lowest BCUT2D eigenvalue weighted by Crippen LogP contribution is -2.15. The molecule has 0 spiro atoms. The van der Waals surface area contributed by atoms with E-state index in [4.69, 9.17) is 0 Å². The Labute approximate surface area is 347 Å². The Hall–Kier alpha value is -6.96. The van der Waals surface area contributed by atoms with Crippen molar-refractivity contribution in [1.82, 2.24) is 0 Å². The monoisotopic (exact) mass is 755 g/mol. The molecule has 0 saturated heterocycles. The van der Waals surface area contributed by atoms with Gasteiger partial charge < -0.3 is 4.90 Å². The van der Waals surface area contributed by atoms with Gasteiger partial charge in [-0.25, -0.2) is 0 Å². The Balaban J connectivity index is 1.13. The Morgan fingerprint density at radius 2 is 0.831 bits per heavy atom. The van der Waals surface area contributed by atoms with Gasteiger partial charge in [0.05, 0.1) is 11.4 Å². The quantitative estimate of drug-likeness (QED) is 0.163. The van der Waals surface area contributed by atoms with E-state index in [1.807, 2.05) is 0 Å². The van der Waals surface area contributed by atoms with Crippen LogP contribution in [0.5, 0.6) is 0 Å². The van der Waals surface area contributed by atoms with Crippen LogP contribution in [0, 0.1) is 0 Å². The van der Waals surface area contributed by atoms with E-state index in [1.54, 1.807) is 0 Å². The molecule has 0 saturated carbocycles. The summed E-state index contributed by atoms with van der Waals surface area (Å²) in [5, 5.41) is 2.56. The molecule has 9 aromatic rings. The van der Waals surface area contributed by atoms with Gasteiger partial charge in [0.1, 0.15) is 0 Å². The zero-order valence-corrected chi connectivity index (χ0v) is 34.0. The van der Waals surface area contributed by atoms with Crippen molar-refractivity contribution in [3.8, 4) is 55.6 Å². The Morgan fingerprint density at radius 3 is 1.63 bits per heavy atom. The summed E-state index contributed by atoms with van der Waals surface area (Å²) >= 11 is 0. The zero-order chi connectivity index (χ0) is 39.9. The van der Waals surface area contributed by atoms with E-state index >= 15 is 0 Å². The fourth-order valence-electron chi connectivity index (χ4n) is 10.2. The second kappa shape index (κ2) is 13.3. The summed E-state index contributed by atoms with van der Waals surface area (Å²) in [7, 11) is 0. The molecule has 0 N–H and O–H groups in total. The number of anilines is 3. The first-order valence-corrected chi connectivity index (χ1v) is 20.8. The van der Waals surface area contributed by atoms with Gasteiger partial charge in [0.2, 0.25) is 0 Å². The van der Waals surface area contributed by atoms with Crippen molar-refractivity contribution < 1.29 is 0 Å². The molecule has 0 aliphatic heterocycles. The van der Waals surface area contributed by atoms with Crippen LogP contribution in [0.15, 0.2) is 200 Å². The molecule has 1 nitrogen and oxygen atoms in total. The van der Waals surface area contributed by atoms with Crippen molar-refractivity contribution in [2.24, 2.45) is 0 Å². The van der Waals surface area contributed by atoms with Crippen LogP contribution < -0.4 is 4.90 Å². The molecule has 2 aliphatic carbocycles.